The molecule has 2 aliphatic rings. The fraction of sp³-hybridized carbons (Fsp3) is 0.333. The van der Waals surface area contributed by atoms with Gasteiger partial charge >= 0.3 is 0 Å². The Morgan fingerprint density at radius 1 is 1.34 bits per heavy atom. The van der Waals surface area contributed by atoms with Crippen LogP contribution in [-0.2, 0) is 26.2 Å². The Morgan fingerprint density at radius 2 is 2.16 bits per heavy atom. The Bertz CT molecular complexity index is 1170. The summed E-state index contributed by atoms with van der Waals surface area (Å²) in [5, 5.41) is 5.34. The fourth-order valence-corrected chi connectivity index (χ4v) is 5.96. The Labute approximate surface area is 190 Å². The molecule has 32 heavy (non-hydrogen) atoms. The van der Waals surface area contributed by atoms with E-state index in [0.29, 0.717) is 24.3 Å². The van der Waals surface area contributed by atoms with Gasteiger partial charge in [0, 0.05) is 19.2 Å². The molecule has 2 aromatic carbocycles. The average molecular weight is 480 g/mol. The number of fused-ring (bicyclic) bond motifs is 1. The third-order valence-electron chi connectivity index (χ3n) is 5.36. The second kappa shape index (κ2) is 8.97. The number of sulfonamides is 1. The molecule has 11 heteroatoms. The quantitative estimate of drug-likeness (QED) is 0.656. The number of rotatable bonds is 6. The number of nitrogens with one attached hydrogen (secondary N) is 2. The first-order chi connectivity index (χ1) is 15.3. The van der Waals surface area contributed by atoms with E-state index in [9.17, 15) is 18.0 Å². The van der Waals surface area contributed by atoms with Gasteiger partial charge in [-0.1, -0.05) is 23.7 Å². The lowest BCUT2D eigenvalue weighted by atomic mass is 10.2. The fourth-order valence-electron chi connectivity index (χ4n) is 3.78. The predicted molar refractivity (Wildman–Crippen MR) is 117 cm³/mol. The first-order valence-corrected chi connectivity index (χ1v) is 11.8. The van der Waals surface area contributed by atoms with Gasteiger partial charge in [0.1, 0.15) is 22.4 Å². The average Bonchev–Trinajstić information content (AvgIpc) is 3.28. The standard InChI is InChI=1S/C21H22ClN3O6S/c1-30-14-5-2-4-13(8-14)11-23-21(27)17-6-3-7-25(17)32(28,29)19-10-18-16(9-15(19)22)24-20(26)12-31-18/h2,4-5,8-10,17H,3,6-7,11-12H2,1H3,(H,23,27)(H,24,26)/t17-/m0/s1. The van der Waals surface area contributed by atoms with Gasteiger partial charge in [0.15, 0.2) is 6.61 Å². The van der Waals surface area contributed by atoms with Crippen molar-refractivity contribution in [2.75, 3.05) is 25.6 Å². The number of methoxy groups -OCH3 is 1. The van der Waals surface area contributed by atoms with E-state index in [-0.39, 0.29) is 47.2 Å². The van der Waals surface area contributed by atoms with E-state index in [1.807, 2.05) is 12.1 Å². The summed E-state index contributed by atoms with van der Waals surface area (Å²) in [6, 6.07) is 9.04. The van der Waals surface area contributed by atoms with Crippen molar-refractivity contribution in [3.8, 4) is 11.5 Å². The Balaban J connectivity index is 1.53. The molecule has 9 nitrogen and oxygen atoms in total. The van der Waals surface area contributed by atoms with Gasteiger partial charge in [0.05, 0.1) is 17.8 Å². The van der Waals surface area contributed by atoms with Crippen molar-refractivity contribution in [3.05, 3.63) is 47.0 Å². The highest BCUT2D eigenvalue weighted by atomic mass is 35.5. The van der Waals surface area contributed by atoms with E-state index in [1.54, 1.807) is 19.2 Å². The van der Waals surface area contributed by atoms with Gasteiger partial charge < -0.3 is 20.1 Å². The molecule has 0 spiro atoms. The minimum absolute atomic E-state index is 0.0583. The van der Waals surface area contributed by atoms with Crippen LogP contribution in [0.25, 0.3) is 0 Å². The highest BCUT2D eigenvalue weighted by molar-refractivity contribution is 7.89. The summed E-state index contributed by atoms with van der Waals surface area (Å²) in [4.78, 5) is 24.2. The van der Waals surface area contributed by atoms with Crippen molar-refractivity contribution in [2.45, 2.75) is 30.3 Å². The molecular weight excluding hydrogens is 458 g/mol. The second-order valence-electron chi connectivity index (χ2n) is 7.46. The molecule has 2 amide bonds. The zero-order chi connectivity index (χ0) is 22.9. The van der Waals surface area contributed by atoms with Crippen LogP contribution in [0.15, 0.2) is 41.3 Å². The third-order valence-corrected chi connectivity index (χ3v) is 7.73. The molecule has 0 saturated carbocycles. The number of amides is 2. The molecule has 170 valence electrons. The number of carbonyl (C=O) groups is 2. The van der Waals surface area contributed by atoms with Crippen LogP contribution in [0.1, 0.15) is 18.4 Å². The molecule has 0 unspecified atom stereocenters. The van der Waals surface area contributed by atoms with Crippen LogP contribution in [-0.4, -0.2) is 50.8 Å². The van der Waals surface area contributed by atoms with Gasteiger partial charge in [-0.15, -0.1) is 0 Å². The maximum atomic E-state index is 13.4. The van der Waals surface area contributed by atoms with Crippen LogP contribution in [0.3, 0.4) is 0 Å². The highest BCUT2D eigenvalue weighted by Crippen LogP contribution is 2.38. The number of benzene rings is 2. The summed E-state index contributed by atoms with van der Waals surface area (Å²) in [6.45, 7) is 0.227. The molecule has 1 fully saturated rings. The van der Waals surface area contributed by atoms with Crippen molar-refractivity contribution in [1.82, 2.24) is 9.62 Å². The van der Waals surface area contributed by atoms with E-state index in [1.165, 1.54) is 16.4 Å². The topological polar surface area (TPSA) is 114 Å². The lowest BCUT2D eigenvalue weighted by Gasteiger charge is -2.25. The first kappa shape index (κ1) is 22.4. The number of carbonyl (C=O) groups excluding carboxylic acids is 2. The minimum Gasteiger partial charge on any atom is -0.497 e. The predicted octanol–water partition coefficient (Wildman–Crippen LogP) is 2.15. The number of hydrogen-bond acceptors (Lipinski definition) is 6. The molecule has 0 aromatic heterocycles. The van der Waals surface area contributed by atoms with Gasteiger partial charge in [0.25, 0.3) is 5.91 Å². The van der Waals surface area contributed by atoms with Crippen molar-refractivity contribution in [1.29, 1.82) is 0 Å². The van der Waals surface area contributed by atoms with Gasteiger partial charge in [-0.05, 0) is 36.6 Å². The first-order valence-electron chi connectivity index (χ1n) is 9.98. The van der Waals surface area contributed by atoms with Gasteiger partial charge in [-0.3, -0.25) is 9.59 Å². The SMILES string of the molecule is COc1cccc(CNC(=O)[C@@H]2CCCN2S(=O)(=O)c2cc3c(cc2Cl)NC(=O)CO3)c1. The molecule has 2 aromatic rings. The van der Waals surface area contributed by atoms with Crippen molar-refractivity contribution in [3.63, 3.8) is 0 Å². The highest BCUT2D eigenvalue weighted by Gasteiger charge is 2.40. The summed E-state index contributed by atoms with van der Waals surface area (Å²) >= 11 is 6.24. The van der Waals surface area contributed by atoms with E-state index < -0.39 is 16.1 Å². The summed E-state index contributed by atoms with van der Waals surface area (Å²) in [5.74, 6) is 0.149. The van der Waals surface area contributed by atoms with Crippen LogP contribution in [0.4, 0.5) is 5.69 Å². The number of nitrogens with zero attached hydrogens (tertiary/aromatic N) is 1. The van der Waals surface area contributed by atoms with E-state index in [4.69, 9.17) is 21.1 Å². The summed E-state index contributed by atoms with van der Waals surface area (Å²) in [6.07, 6.45) is 0.948. The zero-order valence-corrected chi connectivity index (χ0v) is 18.8. The van der Waals surface area contributed by atoms with E-state index in [0.717, 1.165) is 5.56 Å². The molecule has 0 aliphatic carbocycles. The number of anilines is 1. The van der Waals surface area contributed by atoms with Crippen LogP contribution in [0, 0.1) is 0 Å². The minimum atomic E-state index is -4.08. The molecule has 4 rings (SSSR count). The number of halogens is 1. The molecular formula is C21H22ClN3O6S. The van der Waals surface area contributed by atoms with Crippen LogP contribution in [0.2, 0.25) is 5.02 Å². The van der Waals surface area contributed by atoms with Crippen LogP contribution in [0.5, 0.6) is 11.5 Å². The largest absolute Gasteiger partial charge is 0.497 e. The summed E-state index contributed by atoms with van der Waals surface area (Å²) in [5.41, 5.74) is 1.14. The summed E-state index contributed by atoms with van der Waals surface area (Å²) < 4.78 is 38.4. The summed E-state index contributed by atoms with van der Waals surface area (Å²) in [7, 11) is -2.52. The normalized spacial score (nSPS) is 18.4. The smallest absolute Gasteiger partial charge is 0.262 e. The number of ether oxygens (including phenoxy) is 2. The molecule has 2 N–H and O–H groups in total. The lowest BCUT2D eigenvalue weighted by Crippen LogP contribution is -2.45. The monoisotopic (exact) mass is 479 g/mol. The van der Waals surface area contributed by atoms with E-state index in [2.05, 4.69) is 10.6 Å². The molecule has 0 radical (unpaired) electrons. The molecule has 1 atom stereocenters. The number of hydrogen-bond donors (Lipinski definition) is 2. The van der Waals surface area contributed by atoms with E-state index >= 15 is 0 Å². The Morgan fingerprint density at radius 3 is 2.94 bits per heavy atom. The lowest BCUT2D eigenvalue weighted by molar-refractivity contribution is -0.124. The van der Waals surface area contributed by atoms with Crippen molar-refractivity contribution >= 4 is 39.1 Å². The molecule has 1 saturated heterocycles. The van der Waals surface area contributed by atoms with Crippen LogP contribution < -0.4 is 20.1 Å². The maximum Gasteiger partial charge on any atom is 0.262 e. The van der Waals surface area contributed by atoms with Gasteiger partial charge in [-0.25, -0.2) is 8.42 Å². The van der Waals surface area contributed by atoms with Gasteiger partial charge in [-0.2, -0.15) is 4.31 Å². The zero-order valence-electron chi connectivity index (χ0n) is 17.3. The van der Waals surface area contributed by atoms with Crippen molar-refractivity contribution in [2.24, 2.45) is 0 Å². The maximum absolute atomic E-state index is 13.4. The molecule has 2 heterocycles. The Hall–Kier alpha value is -2.82. The molecule has 2 aliphatic heterocycles. The Kier molecular flexibility index (Phi) is 6.27. The van der Waals surface area contributed by atoms with Crippen molar-refractivity contribution < 1.29 is 27.5 Å². The third kappa shape index (κ3) is 4.38. The van der Waals surface area contributed by atoms with Crippen LogP contribution >= 0.6 is 11.6 Å². The van der Waals surface area contributed by atoms with Gasteiger partial charge in [0.2, 0.25) is 15.9 Å². The molecule has 0 bridgehead atoms. The second-order valence-corrected chi connectivity index (χ2v) is 9.72.